The van der Waals surface area contributed by atoms with E-state index in [0.29, 0.717) is 10.0 Å². The summed E-state index contributed by atoms with van der Waals surface area (Å²) in [4.78, 5) is 58.7. The van der Waals surface area contributed by atoms with Gasteiger partial charge in [-0.1, -0.05) is 6.07 Å². The minimum absolute atomic E-state index is 0.0614. The zero-order valence-corrected chi connectivity index (χ0v) is 12.6. The average Bonchev–Trinajstić information content (AvgIpc) is 3.11. The van der Waals surface area contributed by atoms with Crippen LogP contribution < -0.4 is 4.90 Å². The molecule has 128 valence electrons. The summed E-state index contributed by atoms with van der Waals surface area (Å²) in [5, 5.41) is 17.4. The maximum absolute atomic E-state index is 12.6. The molecule has 0 aliphatic carbocycles. The van der Waals surface area contributed by atoms with E-state index >= 15 is 0 Å². The van der Waals surface area contributed by atoms with E-state index in [9.17, 15) is 29.4 Å². The molecular weight excluding hydrogens is 338 g/mol. The second-order valence-corrected chi connectivity index (χ2v) is 5.09. The van der Waals surface area contributed by atoms with Gasteiger partial charge in [0.25, 0.3) is 11.6 Å². The Morgan fingerprint density at radius 2 is 2.08 bits per heavy atom. The first-order chi connectivity index (χ1) is 11.9. The van der Waals surface area contributed by atoms with Crippen LogP contribution in [-0.4, -0.2) is 46.7 Å². The topological polar surface area (TPSA) is 152 Å². The third kappa shape index (κ3) is 2.31. The van der Waals surface area contributed by atoms with Crippen LogP contribution in [0.1, 0.15) is 0 Å². The highest BCUT2D eigenvalue weighted by Gasteiger charge is 2.59. The zero-order valence-electron chi connectivity index (χ0n) is 12.6. The number of hydrogen-bond donors (Lipinski definition) is 0. The number of esters is 1. The number of methoxy groups -OCH3 is 1. The van der Waals surface area contributed by atoms with Crippen LogP contribution in [-0.2, 0) is 19.1 Å². The van der Waals surface area contributed by atoms with Crippen LogP contribution in [0.4, 0.5) is 11.4 Å². The molecule has 3 rings (SSSR count). The first kappa shape index (κ1) is 16.2. The van der Waals surface area contributed by atoms with Gasteiger partial charge in [0.2, 0.25) is 5.91 Å². The van der Waals surface area contributed by atoms with Gasteiger partial charge >= 0.3 is 5.97 Å². The quantitative estimate of drug-likeness (QED) is 0.242. The van der Waals surface area contributed by atoms with E-state index in [1.807, 2.05) is 0 Å². The van der Waals surface area contributed by atoms with Crippen molar-refractivity contribution in [3.8, 4) is 0 Å². The molecule has 1 fully saturated rings. The van der Waals surface area contributed by atoms with Gasteiger partial charge < -0.3 is 4.74 Å². The van der Waals surface area contributed by atoms with E-state index < -0.39 is 40.4 Å². The molecule has 0 aromatic heterocycles. The zero-order chi connectivity index (χ0) is 18.3. The van der Waals surface area contributed by atoms with Crippen molar-refractivity contribution in [1.82, 2.24) is 5.12 Å². The number of amides is 2. The maximum atomic E-state index is 12.6. The number of nitro groups is 1. The molecule has 12 nitrogen and oxygen atoms in total. The molecule has 2 aliphatic rings. The highest BCUT2D eigenvalue weighted by Crippen LogP contribution is 2.36. The number of carbonyl (C=O) groups is 3. The number of ether oxygens (including phenoxy) is 1. The van der Waals surface area contributed by atoms with Crippen molar-refractivity contribution in [1.29, 1.82) is 0 Å². The van der Waals surface area contributed by atoms with E-state index in [2.05, 4.69) is 15.1 Å². The number of hydrazone groups is 1. The fraction of sp³-hybridized carbons (Fsp3) is 0.231. The van der Waals surface area contributed by atoms with Crippen LogP contribution in [0.15, 0.2) is 34.7 Å². The van der Waals surface area contributed by atoms with Crippen LogP contribution in [0, 0.1) is 20.9 Å². The molecule has 0 unspecified atom stereocenters. The van der Waals surface area contributed by atoms with Gasteiger partial charge in [-0.3, -0.25) is 19.7 Å². The second-order valence-electron chi connectivity index (χ2n) is 5.09. The van der Waals surface area contributed by atoms with E-state index in [0.717, 1.165) is 13.2 Å². The van der Waals surface area contributed by atoms with Gasteiger partial charge in [-0.05, 0) is 6.07 Å². The highest BCUT2D eigenvalue weighted by atomic mass is 16.6. The lowest BCUT2D eigenvalue weighted by Gasteiger charge is -2.16. The first-order valence-electron chi connectivity index (χ1n) is 6.82. The number of carbonyl (C=O) groups excluding carboxylic acids is 3. The number of nitrogens with zero attached hydrogens (tertiary/aromatic N) is 5. The van der Waals surface area contributed by atoms with Crippen molar-refractivity contribution in [2.45, 2.75) is 6.04 Å². The number of imide groups is 1. The minimum Gasteiger partial charge on any atom is -0.464 e. The molecular formula is C13H9N5O7. The van der Waals surface area contributed by atoms with Crippen molar-refractivity contribution in [3.05, 3.63) is 39.3 Å². The van der Waals surface area contributed by atoms with Gasteiger partial charge in [0.05, 0.1) is 23.0 Å². The van der Waals surface area contributed by atoms with Crippen molar-refractivity contribution < 1.29 is 24.0 Å². The largest absolute Gasteiger partial charge is 0.464 e. The Balaban J connectivity index is 2.05. The third-order valence-corrected chi connectivity index (χ3v) is 3.81. The van der Waals surface area contributed by atoms with Crippen LogP contribution in [0.2, 0.25) is 0 Å². The standard InChI is InChI=1S/C13H9N5O7/c1-25-13(21)9-8-10(17(14-9)15-22)12(20)16(11(8)19)6-3-2-4-7(5-6)18(23)24/h2-5,8,10H,1H3/t8-,10-/m0/s1. The molecule has 1 saturated heterocycles. The molecule has 0 bridgehead atoms. The molecule has 1 aromatic rings. The molecule has 2 atom stereocenters. The summed E-state index contributed by atoms with van der Waals surface area (Å²) in [7, 11) is 1.05. The highest BCUT2D eigenvalue weighted by molar-refractivity contribution is 6.46. The third-order valence-electron chi connectivity index (χ3n) is 3.81. The summed E-state index contributed by atoms with van der Waals surface area (Å²) in [6.45, 7) is 0. The molecule has 0 saturated carbocycles. The number of hydrogen-bond acceptors (Lipinski definition) is 9. The normalized spacial score (nSPS) is 21.9. The van der Waals surface area contributed by atoms with Gasteiger partial charge in [-0.2, -0.15) is 0 Å². The summed E-state index contributed by atoms with van der Waals surface area (Å²) in [5.41, 5.74) is -0.825. The summed E-state index contributed by atoms with van der Waals surface area (Å²) in [6.07, 6.45) is 0. The lowest BCUT2D eigenvalue weighted by atomic mass is 9.98. The van der Waals surface area contributed by atoms with E-state index in [4.69, 9.17) is 0 Å². The fourth-order valence-corrected chi connectivity index (χ4v) is 2.73. The first-order valence-corrected chi connectivity index (χ1v) is 6.82. The maximum Gasteiger partial charge on any atom is 0.355 e. The molecule has 12 heteroatoms. The van der Waals surface area contributed by atoms with Crippen LogP contribution >= 0.6 is 0 Å². The second kappa shape index (κ2) is 5.74. The molecule has 2 heterocycles. The smallest absolute Gasteiger partial charge is 0.355 e. The van der Waals surface area contributed by atoms with Crippen LogP contribution in [0.3, 0.4) is 0 Å². The van der Waals surface area contributed by atoms with E-state index in [1.54, 1.807) is 0 Å². The molecule has 2 amide bonds. The number of rotatable bonds is 4. The number of non-ortho nitro benzene ring substituents is 1. The Kier molecular flexibility index (Phi) is 3.71. The number of fused-ring (bicyclic) bond motifs is 1. The number of anilines is 1. The Morgan fingerprint density at radius 3 is 2.68 bits per heavy atom. The van der Waals surface area contributed by atoms with Gasteiger partial charge in [0, 0.05) is 12.1 Å². The van der Waals surface area contributed by atoms with Gasteiger partial charge in [0.15, 0.2) is 11.8 Å². The molecule has 1 aromatic carbocycles. The average molecular weight is 347 g/mol. The lowest BCUT2D eigenvalue weighted by Crippen LogP contribution is -2.36. The van der Waals surface area contributed by atoms with E-state index in [1.165, 1.54) is 18.2 Å². The van der Waals surface area contributed by atoms with Crippen LogP contribution in [0.25, 0.3) is 0 Å². The number of benzene rings is 1. The summed E-state index contributed by atoms with van der Waals surface area (Å²) < 4.78 is 4.50. The fourth-order valence-electron chi connectivity index (χ4n) is 2.73. The monoisotopic (exact) mass is 347 g/mol. The molecule has 0 radical (unpaired) electrons. The summed E-state index contributed by atoms with van der Waals surface area (Å²) in [6, 6.07) is 3.41. The Labute approximate surface area is 138 Å². The van der Waals surface area contributed by atoms with Gasteiger partial charge in [0.1, 0.15) is 5.92 Å². The molecule has 0 N–H and O–H groups in total. The van der Waals surface area contributed by atoms with Crippen LogP contribution in [0.5, 0.6) is 0 Å². The van der Waals surface area contributed by atoms with Crippen molar-refractivity contribution in [2.24, 2.45) is 16.3 Å². The predicted octanol–water partition coefficient (Wildman–Crippen LogP) is -0.0212. The number of nitroso groups, excluding NO2 is 1. The Bertz CT molecular complexity index is 851. The predicted molar refractivity (Wildman–Crippen MR) is 80.0 cm³/mol. The number of nitro benzene ring substituents is 1. The van der Waals surface area contributed by atoms with Crippen molar-refractivity contribution in [3.63, 3.8) is 0 Å². The minimum atomic E-state index is -1.43. The SMILES string of the molecule is COC(=O)C1=NN(N=O)[C@@H]2C(=O)N(c3cccc([N+](=O)[O-])c3)C(=O)[C@@H]12. The molecule has 2 aliphatic heterocycles. The Hall–Kier alpha value is -3.70. The molecule has 0 spiro atoms. The van der Waals surface area contributed by atoms with Gasteiger partial charge in [-0.15, -0.1) is 15.1 Å². The summed E-state index contributed by atoms with van der Waals surface area (Å²) >= 11 is 0. The summed E-state index contributed by atoms with van der Waals surface area (Å²) in [5.74, 6) is -4.09. The van der Waals surface area contributed by atoms with Crippen molar-refractivity contribution >= 4 is 34.9 Å². The van der Waals surface area contributed by atoms with E-state index in [-0.39, 0.29) is 11.4 Å². The Morgan fingerprint density at radius 1 is 1.36 bits per heavy atom. The lowest BCUT2D eigenvalue weighted by molar-refractivity contribution is -0.384. The molecule has 25 heavy (non-hydrogen) atoms. The van der Waals surface area contributed by atoms with Crippen molar-refractivity contribution in [2.75, 3.05) is 12.0 Å². The van der Waals surface area contributed by atoms with Gasteiger partial charge in [-0.25, -0.2) is 9.69 Å².